The van der Waals surface area contributed by atoms with Crippen LogP contribution in [-0.2, 0) is 5.54 Å². The molecule has 0 bridgehead atoms. The van der Waals surface area contributed by atoms with Gasteiger partial charge >= 0.3 is 0 Å². The quantitative estimate of drug-likeness (QED) is 0.853. The van der Waals surface area contributed by atoms with Gasteiger partial charge in [-0.2, -0.15) is 4.98 Å². The summed E-state index contributed by atoms with van der Waals surface area (Å²) in [5.74, 6) is 0.954. The van der Waals surface area contributed by atoms with Gasteiger partial charge < -0.3 is 15.2 Å². The van der Waals surface area contributed by atoms with E-state index in [0.717, 1.165) is 25.7 Å². The summed E-state index contributed by atoms with van der Waals surface area (Å²) >= 11 is 0. The summed E-state index contributed by atoms with van der Waals surface area (Å²) in [5, 5.41) is 4.01. The van der Waals surface area contributed by atoms with Gasteiger partial charge in [0, 0.05) is 12.3 Å². The molecule has 0 aliphatic heterocycles. The minimum atomic E-state index is -0.470. The highest BCUT2D eigenvalue weighted by atomic mass is 16.5. The van der Waals surface area contributed by atoms with Gasteiger partial charge in [0.15, 0.2) is 5.82 Å². The maximum Gasteiger partial charge on any atom is 0.259 e. The molecule has 0 aromatic carbocycles. The van der Waals surface area contributed by atoms with Crippen LogP contribution in [-0.4, -0.2) is 15.1 Å². The Morgan fingerprint density at radius 3 is 2.74 bits per heavy atom. The molecule has 6 heteroatoms. The molecule has 1 aliphatic rings. The topological polar surface area (TPSA) is 97.8 Å². The Morgan fingerprint density at radius 2 is 2.05 bits per heavy atom. The van der Waals surface area contributed by atoms with Crippen molar-refractivity contribution in [2.45, 2.75) is 37.6 Å². The van der Waals surface area contributed by atoms with E-state index in [4.69, 9.17) is 10.3 Å². The van der Waals surface area contributed by atoms with Crippen LogP contribution < -0.4 is 11.3 Å². The summed E-state index contributed by atoms with van der Waals surface area (Å²) in [6.07, 6.45) is 6.74. The zero-order valence-corrected chi connectivity index (χ0v) is 10.6. The summed E-state index contributed by atoms with van der Waals surface area (Å²) < 4.78 is 5.25. The molecule has 1 saturated carbocycles. The van der Waals surface area contributed by atoms with Gasteiger partial charge in [0.1, 0.15) is 0 Å². The molecule has 3 N–H and O–H groups in total. The largest absolute Gasteiger partial charge is 0.334 e. The molecule has 1 fully saturated rings. The molecule has 0 radical (unpaired) electrons. The third-order valence-electron chi connectivity index (χ3n) is 3.65. The lowest BCUT2D eigenvalue weighted by atomic mass is 9.82. The van der Waals surface area contributed by atoms with Gasteiger partial charge in [0.05, 0.1) is 11.1 Å². The number of aromatic amines is 1. The average Bonchev–Trinajstić information content (AvgIpc) is 2.91. The molecule has 2 heterocycles. The van der Waals surface area contributed by atoms with Crippen molar-refractivity contribution in [3.05, 3.63) is 34.5 Å². The lowest BCUT2D eigenvalue weighted by Crippen LogP contribution is -2.39. The Balaban J connectivity index is 1.90. The number of hydrogen-bond acceptors (Lipinski definition) is 5. The summed E-state index contributed by atoms with van der Waals surface area (Å²) in [4.78, 5) is 18.0. The Labute approximate surface area is 110 Å². The van der Waals surface area contributed by atoms with Crippen molar-refractivity contribution >= 4 is 0 Å². The molecule has 1 aliphatic carbocycles. The Morgan fingerprint density at radius 1 is 1.26 bits per heavy atom. The second-order valence-electron chi connectivity index (χ2n) is 5.08. The zero-order chi connectivity index (χ0) is 13.3. The normalized spacial score (nSPS) is 18.4. The monoisotopic (exact) mass is 260 g/mol. The molecule has 100 valence electrons. The molecule has 6 nitrogen and oxygen atoms in total. The zero-order valence-electron chi connectivity index (χ0n) is 10.6. The number of hydrogen-bond donors (Lipinski definition) is 2. The van der Waals surface area contributed by atoms with Crippen molar-refractivity contribution in [2.24, 2.45) is 5.73 Å². The summed E-state index contributed by atoms with van der Waals surface area (Å²) in [6, 6.07) is 3.08. The second kappa shape index (κ2) is 4.62. The standard InChI is InChI=1S/C13H16N4O2/c14-13(6-2-1-3-7-13)12-16-11(19-17-12)9-4-5-10(18)15-8-9/h4-5,8H,1-3,6-7,14H2,(H,15,18). The molecule has 0 spiro atoms. The van der Waals surface area contributed by atoms with Crippen molar-refractivity contribution in [2.75, 3.05) is 0 Å². The Hall–Kier alpha value is -1.95. The minimum absolute atomic E-state index is 0.161. The maximum absolute atomic E-state index is 11.0. The van der Waals surface area contributed by atoms with E-state index in [-0.39, 0.29) is 5.56 Å². The molecule has 2 aromatic rings. The Kier molecular flexibility index (Phi) is 2.94. The lowest BCUT2D eigenvalue weighted by Gasteiger charge is -2.29. The van der Waals surface area contributed by atoms with Crippen LogP contribution >= 0.6 is 0 Å². The smallest absolute Gasteiger partial charge is 0.259 e. The first kappa shape index (κ1) is 12.1. The van der Waals surface area contributed by atoms with Crippen LogP contribution in [0.2, 0.25) is 0 Å². The molecule has 2 aromatic heterocycles. The molecule has 0 unspecified atom stereocenters. The van der Waals surface area contributed by atoms with E-state index in [2.05, 4.69) is 15.1 Å². The van der Waals surface area contributed by atoms with Crippen molar-refractivity contribution in [1.29, 1.82) is 0 Å². The van der Waals surface area contributed by atoms with E-state index in [9.17, 15) is 4.79 Å². The van der Waals surface area contributed by atoms with Gasteiger partial charge in [-0.05, 0) is 18.9 Å². The number of nitrogens with two attached hydrogens (primary N) is 1. The Bertz CT molecular complexity index is 605. The van der Waals surface area contributed by atoms with Gasteiger partial charge in [-0.3, -0.25) is 4.79 Å². The highest BCUT2D eigenvalue weighted by Gasteiger charge is 2.34. The van der Waals surface area contributed by atoms with Gasteiger partial charge in [-0.1, -0.05) is 24.4 Å². The van der Waals surface area contributed by atoms with Crippen LogP contribution in [0, 0.1) is 0 Å². The number of H-pyrrole nitrogens is 1. The maximum atomic E-state index is 11.0. The third-order valence-corrected chi connectivity index (χ3v) is 3.65. The van der Waals surface area contributed by atoms with E-state index in [1.54, 1.807) is 12.3 Å². The number of rotatable bonds is 2. The first-order valence-electron chi connectivity index (χ1n) is 6.50. The number of aromatic nitrogens is 3. The molecule has 19 heavy (non-hydrogen) atoms. The second-order valence-corrected chi connectivity index (χ2v) is 5.08. The molecule has 0 saturated heterocycles. The molecule has 0 atom stereocenters. The van der Waals surface area contributed by atoms with E-state index in [1.807, 2.05) is 0 Å². The molecular weight excluding hydrogens is 244 g/mol. The minimum Gasteiger partial charge on any atom is -0.334 e. The van der Waals surface area contributed by atoms with Gasteiger partial charge in [0.2, 0.25) is 5.56 Å². The van der Waals surface area contributed by atoms with E-state index in [1.165, 1.54) is 12.5 Å². The third kappa shape index (κ3) is 2.31. The fourth-order valence-electron chi connectivity index (χ4n) is 2.49. The average molecular weight is 260 g/mol. The van der Waals surface area contributed by atoms with Crippen LogP contribution in [0.1, 0.15) is 37.9 Å². The van der Waals surface area contributed by atoms with Crippen molar-refractivity contribution in [3.63, 3.8) is 0 Å². The van der Waals surface area contributed by atoms with E-state index in [0.29, 0.717) is 17.3 Å². The highest BCUT2D eigenvalue weighted by Crippen LogP contribution is 2.33. The molecule has 3 rings (SSSR count). The van der Waals surface area contributed by atoms with Crippen molar-refractivity contribution in [3.8, 4) is 11.5 Å². The lowest BCUT2D eigenvalue weighted by molar-refractivity contribution is 0.275. The fourth-order valence-corrected chi connectivity index (χ4v) is 2.49. The van der Waals surface area contributed by atoms with Crippen molar-refractivity contribution < 1.29 is 4.52 Å². The van der Waals surface area contributed by atoms with Crippen LogP contribution in [0.3, 0.4) is 0 Å². The predicted molar refractivity (Wildman–Crippen MR) is 69.3 cm³/mol. The fraction of sp³-hybridized carbons (Fsp3) is 0.462. The van der Waals surface area contributed by atoms with Gasteiger partial charge in [0.25, 0.3) is 5.89 Å². The molecule has 0 amide bonds. The summed E-state index contributed by atoms with van der Waals surface area (Å²) in [6.45, 7) is 0. The van der Waals surface area contributed by atoms with Crippen molar-refractivity contribution in [1.82, 2.24) is 15.1 Å². The van der Waals surface area contributed by atoms with Crippen LogP contribution in [0.5, 0.6) is 0 Å². The highest BCUT2D eigenvalue weighted by molar-refractivity contribution is 5.50. The first-order valence-corrected chi connectivity index (χ1v) is 6.50. The predicted octanol–water partition coefficient (Wildman–Crippen LogP) is 1.54. The van der Waals surface area contributed by atoms with Gasteiger partial charge in [-0.25, -0.2) is 0 Å². The summed E-state index contributed by atoms with van der Waals surface area (Å²) in [7, 11) is 0. The van der Waals surface area contributed by atoms with E-state index < -0.39 is 5.54 Å². The SMILES string of the molecule is NC1(c2noc(-c3ccc(=O)[nH]c3)n2)CCCCC1. The van der Waals surface area contributed by atoms with Crippen LogP contribution in [0.15, 0.2) is 27.6 Å². The molecular formula is C13H16N4O2. The number of pyridine rings is 1. The van der Waals surface area contributed by atoms with Crippen LogP contribution in [0.4, 0.5) is 0 Å². The van der Waals surface area contributed by atoms with Gasteiger partial charge in [-0.15, -0.1) is 0 Å². The number of nitrogens with zero attached hydrogens (tertiary/aromatic N) is 2. The van der Waals surface area contributed by atoms with Crippen LogP contribution in [0.25, 0.3) is 11.5 Å². The number of nitrogens with one attached hydrogen (secondary N) is 1. The first-order chi connectivity index (χ1) is 9.17. The van der Waals surface area contributed by atoms with E-state index >= 15 is 0 Å². The summed E-state index contributed by atoms with van der Waals surface area (Å²) in [5.41, 5.74) is 6.41.